The van der Waals surface area contributed by atoms with Crippen molar-refractivity contribution in [1.82, 2.24) is 24.8 Å². The number of fused-ring (bicyclic) bond motifs is 2. The van der Waals surface area contributed by atoms with Crippen molar-refractivity contribution in [3.63, 3.8) is 0 Å². The number of nitrogens with zero attached hydrogens (tertiary/aromatic N) is 5. The number of aryl methyl sites for hydroxylation is 2. The largest absolute Gasteiger partial charge is 0.358 e. The van der Waals surface area contributed by atoms with Crippen LogP contribution in [-0.2, 0) is 0 Å². The molecule has 3 heterocycles. The summed E-state index contributed by atoms with van der Waals surface area (Å²) in [6.07, 6.45) is 5.12. The second-order valence-electron chi connectivity index (χ2n) is 7.03. The summed E-state index contributed by atoms with van der Waals surface area (Å²) in [6, 6.07) is 16.3. The zero-order valence-corrected chi connectivity index (χ0v) is 16.6. The van der Waals surface area contributed by atoms with E-state index in [2.05, 4.69) is 47.9 Å². The minimum absolute atomic E-state index is 0.428. The standard InChI is InChI=1S/C22H20N8/c1-14-18(16-7-3-5-9-20(16)26-14)11-23-28-22-29-24-13-30(22)25-12-19-15(2)27-21-10-6-4-8-17(19)21/h3-13,26-27H,1-2H3,(H,28,29)/b23-11-,25-12-. The Balaban J connectivity index is 1.38. The predicted molar refractivity (Wildman–Crippen MR) is 120 cm³/mol. The van der Waals surface area contributed by atoms with E-state index in [1.165, 1.54) is 6.33 Å². The Hall–Kier alpha value is -4.20. The lowest BCUT2D eigenvalue weighted by Gasteiger charge is -1.99. The SMILES string of the molecule is Cc1[nH]c2ccccc2c1/C=N\Nc1nncn1/N=C\c1c(C)[nH]c2ccccc12. The third-order valence-electron chi connectivity index (χ3n) is 5.09. The number of rotatable bonds is 5. The van der Waals surface area contributed by atoms with Crippen LogP contribution in [-0.4, -0.2) is 37.3 Å². The summed E-state index contributed by atoms with van der Waals surface area (Å²) in [7, 11) is 0. The smallest absolute Gasteiger partial charge is 0.265 e. The van der Waals surface area contributed by atoms with Gasteiger partial charge in [0.2, 0.25) is 0 Å². The number of aromatic amines is 2. The lowest BCUT2D eigenvalue weighted by molar-refractivity contribution is 0.879. The fraction of sp³-hybridized carbons (Fsp3) is 0.0909. The summed E-state index contributed by atoms with van der Waals surface area (Å²) in [5.41, 5.74) is 9.25. The molecule has 0 amide bonds. The molecular weight excluding hydrogens is 376 g/mol. The van der Waals surface area contributed by atoms with Crippen LogP contribution in [0, 0.1) is 13.8 Å². The van der Waals surface area contributed by atoms with Crippen molar-refractivity contribution in [1.29, 1.82) is 0 Å². The Bertz CT molecular complexity index is 1400. The Labute approximate surface area is 172 Å². The van der Waals surface area contributed by atoms with Crippen LogP contribution in [0.2, 0.25) is 0 Å². The number of hydrazone groups is 1. The van der Waals surface area contributed by atoms with Crippen molar-refractivity contribution in [3.8, 4) is 0 Å². The van der Waals surface area contributed by atoms with Crippen molar-refractivity contribution in [2.45, 2.75) is 13.8 Å². The van der Waals surface area contributed by atoms with Crippen LogP contribution < -0.4 is 5.43 Å². The van der Waals surface area contributed by atoms with Crippen molar-refractivity contribution >= 4 is 40.2 Å². The van der Waals surface area contributed by atoms with Gasteiger partial charge in [-0.2, -0.15) is 14.9 Å². The van der Waals surface area contributed by atoms with E-state index in [1.54, 1.807) is 17.1 Å². The van der Waals surface area contributed by atoms with E-state index in [-0.39, 0.29) is 0 Å². The Morgan fingerprint density at radius 1 is 0.867 bits per heavy atom. The molecule has 0 saturated carbocycles. The van der Waals surface area contributed by atoms with E-state index >= 15 is 0 Å². The molecule has 0 radical (unpaired) electrons. The van der Waals surface area contributed by atoms with E-state index < -0.39 is 0 Å². The van der Waals surface area contributed by atoms with Gasteiger partial charge in [0, 0.05) is 44.3 Å². The fourth-order valence-corrected chi connectivity index (χ4v) is 3.59. The van der Waals surface area contributed by atoms with Gasteiger partial charge in [0.25, 0.3) is 5.95 Å². The molecule has 0 aliphatic rings. The number of hydrogen-bond donors (Lipinski definition) is 3. The number of H-pyrrole nitrogens is 2. The molecule has 5 rings (SSSR count). The highest BCUT2D eigenvalue weighted by Crippen LogP contribution is 2.21. The molecule has 0 saturated heterocycles. The van der Waals surface area contributed by atoms with Crippen LogP contribution in [0.1, 0.15) is 22.5 Å². The Morgan fingerprint density at radius 2 is 1.47 bits per heavy atom. The molecule has 0 spiro atoms. The highest BCUT2D eigenvalue weighted by Gasteiger charge is 2.08. The number of benzene rings is 2. The third kappa shape index (κ3) is 3.14. The molecule has 30 heavy (non-hydrogen) atoms. The maximum Gasteiger partial charge on any atom is 0.265 e. The van der Waals surface area contributed by atoms with Crippen LogP contribution in [0.4, 0.5) is 5.95 Å². The van der Waals surface area contributed by atoms with Crippen molar-refractivity contribution < 1.29 is 0 Å². The molecule has 2 aromatic carbocycles. The fourth-order valence-electron chi connectivity index (χ4n) is 3.59. The summed E-state index contributed by atoms with van der Waals surface area (Å²) in [6.45, 7) is 4.05. The molecule has 0 aliphatic heterocycles. The molecule has 0 atom stereocenters. The zero-order valence-electron chi connectivity index (χ0n) is 16.6. The molecule has 5 aromatic rings. The van der Waals surface area contributed by atoms with Crippen molar-refractivity contribution in [2.24, 2.45) is 10.2 Å². The highest BCUT2D eigenvalue weighted by atomic mass is 15.5. The van der Waals surface area contributed by atoms with Gasteiger partial charge in [-0.3, -0.25) is 0 Å². The summed E-state index contributed by atoms with van der Waals surface area (Å²) in [5.74, 6) is 0.428. The van der Waals surface area contributed by atoms with Crippen LogP contribution >= 0.6 is 0 Å². The van der Waals surface area contributed by atoms with E-state index in [9.17, 15) is 0 Å². The number of nitrogens with one attached hydrogen (secondary N) is 3. The van der Waals surface area contributed by atoms with Gasteiger partial charge in [-0.25, -0.2) is 5.43 Å². The van der Waals surface area contributed by atoms with Gasteiger partial charge in [-0.1, -0.05) is 36.4 Å². The number of anilines is 1. The second-order valence-corrected chi connectivity index (χ2v) is 7.03. The minimum atomic E-state index is 0.428. The monoisotopic (exact) mass is 396 g/mol. The first kappa shape index (κ1) is 17.9. The Kier molecular flexibility index (Phi) is 4.36. The molecule has 8 nitrogen and oxygen atoms in total. The molecule has 3 aromatic heterocycles. The first-order valence-corrected chi connectivity index (χ1v) is 9.59. The second kappa shape index (κ2) is 7.32. The maximum absolute atomic E-state index is 4.51. The van der Waals surface area contributed by atoms with E-state index in [0.29, 0.717) is 5.95 Å². The molecule has 0 unspecified atom stereocenters. The minimum Gasteiger partial charge on any atom is -0.358 e. The van der Waals surface area contributed by atoms with Gasteiger partial charge in [-0.05, 0) is 26.0 Å². The lowest BCUT2D eigenvalue weighted by atomic mass is 10.1. The maximum atomic E-state index is 4.51. The first-order valence-electron chi connectivity index (χ1n) is 9.59. The lowest BCUT2D eigenvalue weighted by Crippen LogP contribution is -1.99. The Morgan fingerprint density at radius 3 is 2.13 bits per heavy atom. The summed E-state index contributed by atoms with van der Waals surface area (Å²) < 4.78 is 1.56. The quantitative estimate of drug-likeness (QED) is 0.307. The molecule has 0 aliphatic carbocycles. The topological polar surface area (TPSA) is 99.0 Å². The number of para-hydroxylation sites is 2. The predicted octanol–water partition coefficient (Wildman–Crippen LogP) is 4.19. The highest BCUT2D eigenvalue weighted by molar-refractivity contribution is 6.01. The average molecular weight is 396 g/mol. The van der Waals surface area contributed by atoms with Crippen LogP contribution in [0.5, 0.6) is 0 Å². The molecule has 3 N–H and O–H groups in total. The number of hydrogen-bond acceptors (Lipinski definition) is 5. The van der Waals surface area contributed by atoms with Gasteiger partial charge >= 0.3 is 0 Å². The van der Waals surface area contributed by atoms with Gasteiger partial charge < -0.3 is 9.97 Å². The van der Waals surface area contributed by atoms with Gasteiger partial charge in [0.1, 0.15) is 6.33 Å². The average Bonchev–Trinajstić information content (AvgIpc) is 3.42. The number of aromatic nitrogens is 5. The van der Waals surface area contributed by atoms with Crippen LogP contribution in [0.15, 0.2) is 65.1 Å². The van der Waals surface area contributed by atoms with E-state index in [0.717, 1.165) is 44.3 Å². The summed E-state index contributed by atoms with van der Waals surface area (Å²) in [5, 5.41) is 19.1. The zero-order chi connectivity index (χ0) is 20.5. The van der Waals surface area contributed by atoms with Gasteiger partial charge in [0.05, 0.1) is 12.4 Å². The first-order chi connectivity index (χ1) is 14.7. The molecule has 8 heteroatoms. The summed E-state index contributed by atoms with van der Waals surface area (Å²) in [4.78, 5) is 6.73. The van der Waals surface area contributed by atoms with Crippen LogP contribution in [0.3, 0.4) is 0 Å². The molecule has 0 fully saturated rings. The molecular formula is C22H20N8. The van der Waals surface area contributed by atoms with E-state index in [1.807, 2.05) is 50.2 Å². The van der Waals surface area contributed by atoms with Crippen LogP contribution in [0.25, 0.3) is 21.8 Å². The van der Waals surface area contributed by atoms with Gasteiger partial charge in [-0.15, -0.1) is 10.2 Å². The third-order valence-corrected chi connectivity index (χ3v) is 5.09. The van der Waals surface area contributed by atoms with Crippen molar-refractivity contribution in [2.75, 3.05) is 5.43 Å². The van der Waals surface area contributed by atoms with E-state index in [4.69, 9.17) is 0 Å². The van der Waals surface area contributed by atoms with Crippen molar-refractivity contribution in [3.05, 3.63) is 77.4 Å². The summed E-state index contributed by atoms with van der Waals surface area (Å²) >= 11 is 0. The molecule has 0 bridgehead atoms. The van der Waals surface area contributed by atoms with Gasteiger partial charge in [0.15, 0.2) is 0 Å². The molecule has 148 valence electrons. The normalized spacial score (nSPS) is 12.1.